The zero-order chi connectivity index (χ0) is 64.4. The molecule has 0 saturated heterocycles. The SMILES string of the molecule is CC[C@H](Nc1ncnc2nc[nH]c12)c1cc2cccc(C)c2c(=O)n1-c1ccc(C)cc1.C[C@H](Nc1ncnc2nc[nH]c12)c1cc2cccc(Cl)c2c(=O)n1-c1ccccc1.Cc1cccc2cc([C@H](C)Nc3ncnc4nc[nH]c34)n(-c3ccccc3F)c(=O)c12.S.S.S. The van der Waals surface area contributed by atoms with Crippen LogP contribution in [0, 0.1) is 26.6 Å². The maximum absolute atomic E-state index is 14.8. The Bertz CT molecular complexity index is 5490. The zero-order valence-corrected chi connectivity index (χ0v) is 56.4. The molecule has 0 aliphatic carbocycles. The van der Waals surface area contributed by atoms with Crippen LogP contribution in [0.15, 0.2) is 204 Å². The van der Waals surface area contributed by atoms with E-state index in [1.165, 1.54) is 29.6 Å². The number of para-hydroxylation sites is 2. The van der Waals surface area contributed by atoms with Crippen molar-refractivity contribution in [1.29, 1.82) is 0 Å². The van der Waals surface area contributed by atoms with Gasteiger partial charge in [-0.05, 0) is 129 Å². The molecule has 0 bridgehead atoms. The molecule has 0 amide bonds. The van der Waals surface area contributed by atoms with Crippen LogP contribution in [0.2, 0.25) is 5.02 Å². The molecule has 6 N–H and O–H groups in total. The Hall–Kier alpha value is -10.7. The lowest BCUT2D eigenvalue weighted by Gasteiger charge is -2.24. The number of aromatic nitrogens is 15. The highest BCUT2D eigenvalue weighted by molar-refractivity contribution is 7.59. The minimum absolute atomic E-state index is 0. The summed E-state index contributed by atoms with van der Waals surface area (Å²) in [5, 5.41) is 15.0. The van der Waals surface area contributed by atoms with Crippen molar-refractivity contribution in [3.05, 3.63) is 265 Å². The smallest absolute Gasteiger partial charge is 0.264 e. The first-order valence-corrected chi connectivity index (χ1v) is 30.4. The molecule has 0 unspecified atom stereocenters. The van der Waals surface area contributed by atoms with Gasteiger partial charge in [0.1, 0.15) is 41.3 Å². The van der Waals surface area contributed by atoms with Crippen LogP contribution in [0.5, 0.6) is 0 Å². The highest BCUT2D eigenvalue weighted by Crippen LogP contribution is 2.32. The van der Waals surface area contributed by atoms with Crippen LogP contribution in [-0.4, -0.2) is 73.5 Å². The Labute approximate surface area is 574 Å². The van der Waals surface area contributed by atoms with Crippen LogP contribution in [0.25, 0.3) is 82.9 Å². The van der Waals surface area contributed by atoms with Gasteiger partial charge in [-0.2, -0.15) is 40.5 Å². The minimum atomic E-state index is -0.469. The van der Waals surface area contributed by atoms with Gasteiger partial charge in [0.2, 0.25) is 0 Å². The summed E-state index contributed by atoms with van der Waals surface area (Å²) in [4.78, 5) is 88.1. The van der Waals surface area contributed by atoms with Gasteiger partial charge in [0, 0.05) is 28.5 Å². The van der Waals surface area contributed by atoms with E-state index in [1.807, 2.05) is 154 Å². The van der Waals surface area contributed by atoms with Crippen molar-refractivity contribution in [2.45, 2.75) is 66.1 Å². The first-order chi connectivity index (χ1) is 45.2. The number of anilines is 3. The number of pyridine rings is 3. The summed E-state index contributed by atoms with van der Waals surface area (Å²) in [7, 11) is 0. The first-order valence-electron chi connectivity index (χ1n) is 30.0. The van der Waals surface area contributed by atoms with Crippen LogP contribution >= 0.6 is 52.1 Å². The minimum Gasteiger partial charge on any atom is -0.360 e. The van der Waals surface area contributed by atoms with Crippen LogP contribution in [0.4, 0.5) is 21.8 Å². The largest absolute Gasteiger partial charge is 0.360 e. The molecule has 21 nitrogen and oxygen atoms in total. The van der Waals surface area contributed by atoms with Crippen molar-refractivity contribution < 1.29 is 4.39 Å². The standard InChI is InChI=1S/C25H24N6O.C23H19FN6O.C22H17ClN6O.3H2S/c1-4-19(30-24-22-23(27-13-26-22)28-14-29-24)20-12-17-7-5-6-16(3)21(17)25(32)31(20)18-10-8-15(2)9-11-18;1-13-6-5-7-15-10-18(14(2)29-22-20-21(26-11-25-20)27-12-28-22)30(23(31)19(13)15)17-9-4-3-8-16(17)24;1-13(28-21-19-20(25-11-24-19)26-12-27-21)17-10-14-6-5-9-16(23)18(14)22(30)29(17)15-7-3-2-4-8-15;;;/h5-14,19H,4H2,1-3H3,(H2,26,27,28,29,30);3-12,14H,1-2H3,(H2,25,26,27,28,29);2-13H,1H3,(H2,24,25,26,27,28);3*1H2/t19-;14-;13-;;;/m000.../s1. The Kier molecular flexibility index (Phi) is 20.8. The number of benzene rings is 6. The average Bonchev–Trinajstić information content (AvgIpc) is 0.943. The first kappa shape index (κ1) is 68.1. The number of fused-ring (bicyclic) bond motifs is 6. The fraction of sp³-hybridized carbons (Fsp3) is 0.143. The van der Waals surface area contributed by atoms with E-state index < -0.39 is 5.82 Å². The van der Waals surface area contributed by atoms with Gasteiger partial charge >= 0.3 is 0 Å². The highest BCUT2D eigenvalue weighted by Gasteiger charge is 2.24. The molecule has 9 heterocycles. The molecule has 6 aromatic carbocycles. The van der Waals surface area contributed by atoms with Crippen molar-refractivity contribution in [1.82, 2.24) is 73.5 Å². The van der Waals surface area contributed by atoms with Gasteiger partial charge in [-0.3, -0.25) is 28.1 Å². The summed E-state index contributed by atoms with van der Waals surface area (Å²) in [6.45, 7) is 11.9. The van der Waals surface area contributed by atoms with Crippen LogP contribution < -0.4 is 32.6 Å². The fourth-order valence-corrected chi connectivity index (χ4v) is 12.0. The number of nitrogens with one attached hydrogen (secondary N) is 6. The summed E-state index contributed by atoms with van der Waals surface area (Å²) >= 11 is 6.38. The van der Waals surface area contributed by atoms with Gasteiger partial charge in [-0.15, -0.1) is 0 Å². The van der Waals surface area contributed by atoms with Gasteiger partial charge in [0.05, 0.1) is 64.0 Å². The summed E-state index contributed by atoms with van der Waals surface area (Å²) in [6.07, 6.45) is 9.86. The predicted octanol–water partition coefficient (Wildman–Crippen LogP) is 13.9. The van der Waals surface area contributed by atoms with Gasteiger partial charge in [-0.1, -0.05) is 115 Å². The van der Waals surface area contributed by atoms with E-state index in [0.29, 0.717) is 66.9 Å². The van der Waals surface area contributed by atoms with Crippen molar-refractivity contribution >= 4 is 135 Å². The van der Waals surface area contributed by atoms with Gasteiger partial charge in [-0.25, -0.2) is 49.2 Å². The lowest BCUT2D eigenvalue weighted by Crippen LogP contribution is -2.27. The number of rotatable bonds is 13. The Morgan fingerprint density at radius 3 is 1.39 bits per heavy atom. The van der Waals surface area contributed by atoms with Gasteiger partial charge < -0.3 is 30.9 Å². The number of nitrogens with zero attached hydrogens (tertiary/aromatic N) is 12. The number of hydrogen-bond donors (Lipinski definition) is 6. The third-order valence-electron chi connectivity index (χ3n) is 16.3. The Balaban J connectivity index is 0.000000154. The highest BCUT2D eigenvalue weighted by atomic mass is 35.5. The van der Waals surface area contributed by atoms with E-state index in [9.17, 15) is 18.8 Å². The molecule has 0 aliphatic rings. The molecular formula is C70H66ClFN18O3S3. The number of halogens is 2. The zero-order valence-electron chi connectivity index (χ0n) is 52.7. The average molecular weight is 1360 g/mol. The molecule has 0 radical (unpaired) electrons. The van der Waals surface area contributed by atoms with E-state index in [2.05, 4.69) is 88.7 Å². The maximum Gasteiger partial charge on any atom is 0.264 e. The lowest BCUT2D eigenvalue weighted by molar-refractivity contribution is 0.611. The normalized spacial score (nSPS) is 12.0. The van der Waals surface area contributed by atoms with Crippen molar-refractivity contribution in [2.75, 3.05) is 16.0 Å². The fourth-order valence-electron chi connectivity index (χ4n) is 11.8. The molecule has 0 spiro atoms. The second kappa shape index (κ2) is 29.3. The molecule has 26 heteroatoms. The van der Waals surface area contributed by atoms with Crippen molar-refractivity contribution in [3.63, 3.8) is 0 Å². The molecule has 9 aromatic heterocycles. The lowest BCUT2D eigenvalue weighted by atomic mass is 10.0. The molecule has 96 heavy (non-hydrogen) atoms. The summed E-state index contributed by atoms with van der Waals surface area (Å²) in [5.41, 5.74) is 10.4. The van der Waals surface area contributed by atoms with E-state index in [1.54, 1.807) is 47.8 Å². The van der Waals surface area contributed by atoms with E-state index >= 15 is 0 Å². The number of H-pyrrole nitrogens is 3. The number of aryl methyl sites for hydroxylation is 3. The van der Waals surface area contributed by atoms with Crippen molar-refractivity contribution in [2.24, 2.45) is 0 Å². The van der Waals surface area contributed by atoms with Crippen LogP contribution in [0.3, 0.4) is 0 Å². The van der Waals surface area contributed by atoms with Gasteiger partial charge in [0.25, 0.3) is 16.7 Å². The molecule has 0 fully saturated rings. The van der Waals surface area contributed by atoms with Crippen LogP contribution in [-0.2, 0) is 0 Å². The molecular weight excluding hydrogens is 1290 g/mol. The Morgan fingerprint density at radius 2 is 0.875 bits per heavy atom. The van der Waals surface area contributed by atoms with E-state index in [-0.39, 0.29) is 81.0 Å². The number of aromatic amines is 3. The third-order valence-corrected chi connectivity index (χ3v) is 16.6. The molecule has 0 saturated carbocycles. The quantitative estimate of drug-likeness (QED) is 0.0627. The third kappa shape index (κ3) is 13.2. The molecule has 0 aliphatic heterocycles. The summed E-state index contributed by atoms with van der Waals surface area (Å²) in [5.74, 6) is 1.35. The maximum atomic E-state index is 14.8. The topological polar surface area (TPSA) is 265 Å². The summed E-state index contributed by atoms with van der Waals surface area (Å²) < 4.78 is 19.7. The van der Waals surface area contributed by atoms with E-state index in [0.717, 1.165) is 72.9 Å². The number of hydrogen-bond acceptors (Lipinski definition) is 15. The monoisotopic (exact) mass is 1360 g/mol. The van der Waals surface area contributed by atoms with Gasteiger partial charge in [0.15, 0.2) is 34.4 Å². The summed E-state index contributed by atoms with van der Waals surface area (Å²) in [6, 6.07) is 46.2. The predicted molar refractivity (Wildman–Crippen MR) is 395 cm³/mol. The van der Waals surface area contributed by atoms with Crippen LogP contribution in [0.1, 0.15) is 79.1 Å². The number of imidazole rings is 3. The second-order valence-corrected chi connectivity index (χ2v) is 22.7. The second-order valence-electron chi connectivity index (χ2n) is 22.3. The Morgan fingerprint density at radius 1 is 0.458 bits per heavy atom. The van der Waals surface area contributed by atoms with Crippen molar-refractivity contribution in [3.8, 4) is 17.1 Å². The molecule has 15 rings (SSSR count). The molecule has 15 aromatic rings. The molecule has 3 atom stereocenters. The molecule has 486 valence electrons. The van der Waals surface area contributed by atoms with E-state index in [4.69, 9.17) is 11.6 Å².